The highest BCUT2D eigenvalue weighted by molar-refractivity contribution is 6.28. The van der Waals surface area contributed by atoms with Gasteiger partial charge in [-0.25, -0.2) is 9.98 Å². The van der Waals surface area contributed by atoms with Crippen LogP contribution < -0.4 is 0 Å². The summed E-state index contributed by atoms with van der Waals surface area (Å²) in [6.07, 6.45) is 0. The molecule has 0 atom stereocenters. The van der Waals surface area contributed by atoms with Crippen LogP contribution in [0.3, 0.4) is 0 Å². The Morgan fingerprint density at radius 3 is 1.41 bits per heavy atom. The Balaban J connectivity index is 1.42. The summed E-state index contributed by atoms with van der Waals surface area (Å²) in [6, 6.07) is 10.4. The molecule has 0 saturated carbocycles. The maximum atomic E-state index is 13.3. The third kappa shape index (κ3) is 4.38. The molecule has 2 aliphatic heterocycles. The largest absolute Gasteiger partial charge is 0.378 e. The molecule has 0 amide bonds. The van der Waals surface area contributed by atoms with E-state index in [1.807, 2.05) is 13.8 Å². The first-order valence-electron chi connectivity index (χ1n) is 11.6. The lowest BCUT2D eigenvalue weighted by atomic mass is 9.83. The fraction of sp³-hybridized carbons (Fsp3) is 0.385. The Labute approximate surface area is 198 Å². The first-order chi connectivity index (χ1) is 16.5. The van der Waals surface area contributed by atoms with Gasteiger partial charge in [-0.3, -0.25) is 9.59 Å². The van der Waals surface area contributed by atoms with E-state index < -0.39 is 0 Å². The molecular formula is C26H28N4O4. The number of nitrogens with zero attached hydrogens (tertiary/aromatic N) is 4. The van der Waals surface area contributed by atoms with Crippen molar-refractivity contribution in [1.29, 1.82) is 0 Å². The Kier molecular flexibility index (Phi) is 6.26. The fourth-order valence-corrected chi connectivity index (χ4v) is 4.55. The molecule has 2 saturated heterocycles. The van der Waals surface area contributed by atoms with Crippen LogP contribution >= 0.6 is 0 Å². The zero-order chi connectivity index (χ0) is 23.7. The summed E-state index contributed by atoms with van der Waals surface area (Å²) in [7, 11) is 0. The minimum atomic E-state index is -0.161. The van der Waals surface area contributed by atoms with E-state index in [9.17, 15) is 9.59 Å². The molecule has 176 valence electrons. The molecule has 8 nitrogen and oxygen atoms in total. The zero-order valence-corrected chi connectivity index (χ0v) is 19.5. The molecule has 0 spiro atoms. The van der Waals surface area contributed by atoms with Gasteiger partial charge in [-0.15, -0.1) is 0 Å². The zero-order valence-electron chi connectivity index (χ0n) is 19.5. The molecule has 0 radical (unpaired) electrons. The van der Waals surface area contributed by atoms with Crippen molar-refractivity contribution in [1.82, 2.24) is 9.80 Å². The second kappa shape index (κ2) is 9.48. The average molecular weight is 461 g/mol. The topological polar surface area (TPSA) is 83.8 Å². The van der Waals surface area contributed by atoms with E-state index in [0.717, 1.165) is 37.9 Å². The van der Waals surface area contributed by atoms with E-state index in [-0.39, 0.29) is 11.6 Å². The Bertz CT molecular complexity index is 1100. The molecule has 0 N–H and O–H groups in total. The summed E-state index contributed by atoms with van der Waals surface area (Å²) in [5, 5.41) is 0. The third-order valence-corrected chi connectivity index (χ3v) is 6.50. The number of ketones is 2. The molecule has 34 heavy (non-hydrogen) atoms. The predicted octanol–water partition coefficient (Wildman–Crippen LogP) is 3.23. The number of rotatable bonds is 2. The van der Waals surface area contributed by atoms with Crippen molar-refractivity contribution >= 4 is 34.6 Å². The molecule has 0 aromatic heterocycles. The number of amidine groups is 2. The molecule has 0 unspecified atom stereocenters. The summed E-state index contributed by atoms with van der Waals surface area (Å²) in [5.41, 5.74) is 2.94. The SMILES string of the molecule is CC(=Nc1ccc2c(c1)C(=O)c1ccc(N=C(C)N3CCOCC3)cc1C2=O)N1CCOCC1. The van der Waals surface area contributed by atoms with Crippen LogP contribution in [0.2, 0.25) is 0 Å². The van der Waals surface area contributed by atoms with Crippen LogP contribution in [0.15, 0.2) is 46.4 Å². The van der Waals surface area contributed by atoms with Gasteiger partial charge in [0.25, 0.3) is 0 Å². The van der Waals surface area contributed by atoms with Gasteiger partial charge in [-0.2, -0.15) is 0 Å². The number of carbonyl (C=O) groups excluding carboxylic acids is 2. The van der Waals surface area contributed by atoms with E-state index >= 15 is 0 Å². The number of carbonyl (C=O) groups is 2. The van der Waals surface area contributed by atoms with Crippen molar-refractivity contribution in [3.8, 4) is 0 Å². The first-order valence-corrected chi connectivity index (χ1v) is 11.6. The smallest absolute Gasteiger partial charge is 0.194 e. The molecule has 5 rings (SSSR count). The molecule has 2 fully saturated rings. The third-order valence-electron chi connectivity index (χ3n) is 6.50. The van der Waals surface area contributed by atoms with Crippen molar-refractivity contribution in [3.05, 3.63) is 58.7 Å². The Morgan fingerprint density at radius 1 is 0.647 bits per heavy atom. The van der Waals surface area contributed by atoms with Gasteiger partial charge in [-0.05, 0) is 50.2 Å². The van der Waals surface area contributed by atoms with Crippen LogP contribution in [-0.4, -0.2) is 85.6 Å². The van der Waals surface area contributed by atoms with Gasteiger partial charge >= 0.3 is 0 Å². The van der Waals surface area contributed by atoms with Crippen molar-refractivity contribution in [2.45, 2.75) is 13.8 Å². The fourth-order valence-electron chi connectivity index (χ4n) is 4.55. The number of morpholine rings is 2. The van der Waals surface area contributed by atoms with Crippen LogP contribution in [0.1, 0.15) is 45.7 Å². The van der Waals surface area contributed by atoms with Crippen LogP contribution in [0, 0.1) is 0 Å². The average Bonchev–Trinajstić information content (AvgIpc) is 2.88. The van der Waals surface area contributed by atoms with E-state index in [2.05, 4.69) is 19.8 Å². The normalized spacial score (nSPS) is 19.2. The standard InChI is InChI=1S/C26H28N4O4/c1-17(29-7-11-33-12-8-29)27-19-3-5-21-23(15-19)25(31)22-6-4-20(16-24(22)26(21)32)28-18(2)30-9-13-34-14-10-30/h3-6,15-16H,7-14H2,1-2H3. The highest BCUT2D eigenvalue weighted by atomic mass is 16.5. The van der Waals surface area contributed by atoms with E-state index in [1.54, 1.807) is 36.4 Å². The molecule has 2 aromatic carbocycles. The molecule has 2 aromatic rings. The molecule has 2 heterocycles. The second-order valence-corrected chi connectivity index (χ2v) is 8.63. The van der Waals surface area contributed by atoms with Crippen molar-refractivity contribution in [2.24, 2.45) is 9.98 Å². The monoisotopic (exact) mass is 460 g/mol. The van der Waals surface area contributed by atoms with Crippen molar-refractivity contribution in [3.63, 3.8) is 0 Å². The second-order valence-electron chi connectivity index (χ2n) is 8.63. The first kappa shape index (κ1) is 22.4. The lowest BCUT2D eigenvalue weighted by Crippen LogP contribution is -2.39. The van der Waals surface area contributed by atoms with Crippen LogP contribution in [0.4, 0.5) is 11.4 Å². The van der Waals surface area contributed by atoms with Gasteiger partial charge in [0, 0.05) is 48.4 Å². The minimum Gasteiger partial charge on any atom is -0.378 e. The van der Waals surface area contributed by atoms with Gasteiger partial charge in [0.2, 0.25) is 0 Å². The predicted molar refractivity (Wildman–Crippen MR) is 130 cm³/mol. The lowest BCUT2D eigenvalue weighted by molar-refractivity contribution is 0.0678. The van der Waals surface area contributed by atoms with E-state index in [0.29, 0.717) is 60.1 Å². The number of aliphatic imine (C=N–C) groups is 2. The van der Waals surface area contributed by atoms with Crippen LogP contribution in [0.25, 0.3) is 0 Å². The van der Waals surface area contributed by atoms with Gasteiger partial charge in [0.05, 0.1) is 37.8 Å². The van der Waals surface area contributed by atoms with E-state index in [4.69, 9.17) is 9.47 Å². The number of benzene rings is 2. The highest BCUT2D eigenvalue weighted by Crippen LogP contribution is 2.32. The number of ether oxygens (including phenoxy) is 2. The van der Waals surface area contributed by atoms with Crippen LogP contribution in [-0.2, 0) is 9.47 Å². The lowest BCUT2D eigenvalue weighted by Gasteiger charge is -2.28. The molecular weight excluding hydrogens is 432 g/mol. The summed E-state index contributed by atoms with van der Waals surface area (Å²) in [4.78, 5) is 40.3. The number of hydrogen-bond donors (Lipinski definition) is 0. The molecule has 0 bridgehead atoms. The number of fused-ring (bicyclic) bond motifs is 2. The Hall–Kier alpha value is -3.36. The molecule has 1 aliphatic carbocycles. The summed E-state index contributed by atoms with van der Waals surface area (Å²) in [6.45, 7) is 9.79. The van der Waals surface area contributed by atoms with Crippen molar-refractivity contribution < 1.29 is 19.1 Å². The van der Waals surface area contributed by atoms with Gasteiger partial charge in [0.1, 0.15) is 11.7 Å². The maximum Gasteiger partial charge on any atom is 0.194 e. The summed E-state index contributed by atoms with van der Waals surface area (Å²) < 4.78 is 10.8. The van der Waals surface area contributed by atoms with Crippen molar-refractivity contribution in [2.75, 3.05) is 52.6 Å². The van der Waals surface area contributed by atoms with Gasteiger partial charge in [0.15, 0.2) is 11.6 Å². The Morgan fingerprint density at radius 2 is 1.03 bits per heavy atom. The van der Waals surface area contributed by atoms with Crippen LogP contribution in [0.5, 0.6) is 0 Å². The molecule has 3 aliphatic rings. The van der Waals surface area contributed by atoms with E-state index in [1.165, 1.54) is 0 Å². The summed E-state index contributed by atoms with van der Waals surface area (Å²) >= 11 is 0. The number of hydrogen-bond acceptors (Lipinski definition) is 6. The highest BCUT2D eigenvalue weighted by Gasteiger charge is 2.30. The quantitative estimate of drug-likeness (QED) is 0.431. The molecule has 8 heteroatoms. The maximum absolute atomic E-state index is 13.3. The van der Waals surface area contributed by atoms with Gasteiger partial charge < -0.3 is 19.3 Å². The summed E-state index contributed by atoms with van der Waals surface area (Å²) in [5.74, 6) is 1.42. The van der Waals surface area contributed by atoms with Gasteiger partial charge in [-0.1, -0.05) is 0 Å². The minimum absolute atomic E-state index is 0.161.